The predicted octanol–water partition coefficient (Wildman–Crippen LogP) is 4.07. The Morgan fingerprint density at radius 1 is 1.00 bits per heavy atom. The number of nitrogens with zero attached hydrogens (tertiary/aromatic N) is 2. The second-order valence-electron chi connectivity index (χ2n) is 8.50. The Labute approximate surface area is 136 Å². The van der Waals surface area contributed by atoms with Gasteiger partial charge in [0.15, 0.2) is 0 Å². The van der Waals surface area contributed by atoms with Gasteiger partial charge in [0.1, 0.15) is 0 Å². The van der Waals surface area contributed by atoms with Crippen LogP contribution in [0, 0.1) is 11.8 Å². The summed E-state index contributed by atoms with van der Waals surface area (Å²) >= 11 is 0. The molecule has 4 aliphatic heterocycles. The Morgan fingerprint density at radius 3 is 2.91 bits per heavy atom. The zero-order valence-corrected chi connectivity index (χ0v) is 14.4. The van der Waals surface area contributed by atoms with Gasteiger partial charge in [-0.15, -0.1) is 0 Å². The molecule has 4 rings (SSSR count). The summed E-state index contributed by atoms with van der Waals surface area (Å²) in [7, 11) is 0. The molecule has 3 fully saturated rings. The van der Waals surface area contributed by atoms with Crippen molar-refractivity contribution in [1.82, 2.24) is 9.80 Å². The molecule has 0 N–H and O–H groups in total. The minimum atomic E-state index is 0.871. The van der Waals surface area contributed by atoms with Gasteiger partial charge < -0.3 is 0 Å². The van der Waals surface area contributed by atoms with Crippen LogP contribution in [0.3, 0.4) is 0 Å². The summed E-state index contributed by atoms with van der Waals surface area (Å²) in [5.74, 6) is 1.91. The van der Waals surface area contributed by atoms with Crippen molar-refractivity contribution in [1.29, 1.82) is 0 Å². The first kappa shape index (κ1) is 15.2. The van der Waals surface area contributed by atoms with Gasteiger partial charge in [-0.2, -0.15) is 0 Å². The van der Waals surface area contributed by atoms with E-state index in [1.165, 1.54) is 77.4 Å². The van der Waals surface area contributed by atoms with Crippen LogP contribution in [-0.2, 0) is 0 Å². The molecule has 22 heavy (non-hydrogen) atoms. The fourth-order valence-corrected chi connectivity index (χ4v) is 5.88. The SMILES string of the molecule is CC1CCCN2C(CC3CCC4CC=CCN4C3)CCCC12. The van der Waals surface area contributed by atoms with Crippen LogP contribution >= 0.6 is 0 Å². The van der Waals surface area contributed by atoms with Crippen molar-refractivity contribution in [3.8, 4) is 0 Å². The third-order valence-corrected chi connectivity index (χ3v) is 7.10. The molecule has 4 heterocycles. The third kappa shape index (κ3) is 3.01. The molecular formula is C20H34N2. The lowest BCUT2D eigenvalue weighted by molar-refractivity contribution is 0.000864. The summed E-state index contributed by atoms with van der Waals surface area (Å²) < 4.78 is 0. The van der Waals surface area contributed by atoms with Crippen LogP contribution in [0.5, 0.6) is 0 Å². The van der Waals surface area contributed by atoms with E-state index in [0.29, 0.717) is 0 Å². The van der Waals surface area contributed by atoms with Crippen molar-refractivity contribution in [2.45, 2.75) is 82.8 Å². The van der Waals surface area contributed by atoms with E-state index in [-0.39, 0.29) is 0 Å². The standard InChI is InChI=1S/C20H34N2/c1-16-6-5-13-22-19(8-4-9-20(16)22)14-17-10-11-18-7-2-3-12-21(18)15-17/h2-3,16-20H,4-15H2,1H3. The lowest BCUT2D eigenvalue weighted by atomic mass is 9.78. The average Bonchev–Trinajstić information content (AvgIpc) is 2.56. The monoisotopic (exact) mass is 302 g/mol. The van der Waals surface area contributed by atoms with Gasteiger partial charge in [0.2, 0.25) is 0 Å². The highest BCUT2D eigenvalue weighted by atomic mass is 15.2. The molecule has 124 valence electrons. The molecule has 0 bridgehead atoms. The van der Waals surface area contributed by atoms with Gasteiger partial charge in [-0.25, -0.2) is 0 Å². The maximum atomic E-state index is 2.94. The van der Waals surface area contributed by atoms with Crippen LogP contribution in [0.15, 0.2) is 12.2 Å². The molecule has 0 aromatic rings. The first-order chi connectivity index (χ1) is 10.8. The first-order valence-electron chi connectivity index (χ1n) is 9.96. The number of hydrogen-bond acceptors (Lipinski definition) is 2. The Kier molecular flexibility index (Phi) is 4.59. The highest BCUT2D eigenvalue weighted by molar-refractivity contribution is 4.99. The Bertz CT molecular complexity index is 405. The van der Waals surface area contributed by atoms with Gasteiger partial charge in [0, 0.05) is 31.2 Å². The third-order valence-electron chi connectivity index (χ3n) is 7.10. The number of hydrogen-bond donors (Lipinski definition) is 0. The van der Waals surface area contributed by atoms with E-state index in [0.717, 1.165) is 30.0 Å². The normalized spacial score (nSPS) is 43.6. The molecule has 5 unspecified atom stereocenters. The summed E-state index contributed by atoms with van der Waals surface area (Å²) in [6.45, 7) is 6.49. The lowest BCUT2D eigenvalue weighted by Gasteiger charge is -2.50. The summed E-state index contributed by atoms with van der Waals surface area (Å²) in [5.41, 5.74) is 0. The molecular weight excluding hydrogens is 268 g/mol. The van der Waals surface area contributed by atoms with Gasteiger partial charge >= 0.3 is 0 Å². The van der Waals surface area contributed by atoms with Crippen molar-refractivity contribution in [3.63, 3.8) is 0 Å². The predicted molar refractivity (Wildman–Crippen MR) is 93.0 cm³/mol. The van der Waals surface area contributed by atoms with Gasteiger partial charge in [-0.1, -0.05) is 25.5 Å². The van der Waals surface area contributed by atoms with Gasteiger partial charge in [-0.3, -0.25) is 9.80 Å². The van der Waals surface area contributed by atoms with E-state index in [1.807, 2.05) is 0 Å². The van der Waals surface area contributed by atoms with E-state index in [9.17, 15) is 0 Å². The summed E-state index contributed by atoms with van der Waals surface area (Å²) in [6.07, 6.45) is 17.9. The van der Waals surface area contributed by atoms with E-state index >= 15 is 0 Å². The second kappa shape index (κ2) is 6.65. The van der Waals surface area contributed by atoms with Crippen LogP contribution in [0.25, 0.3) is 0 Å². The van der Waals surface area contributed by atoms with Crippen LogP contribution in [-0.4, -0.2) is 47.6 Å². The molecule has 4 aliphatic rings. The summed E-state index contributed by atoms with van der Waals surface area (Å²) in [6, 6.07) is 2.69. The molecule has 0 spiro atoms. The Morgan fingerprint density at radius 2 is 1.95 bits per heavy atom. The number of piperidine rings is 3. The van der Waals surface area contributed by atoms with Crippen molar-refractivity contribution in [2.24, 2.45) is 11.8 Å². The molecule has 3 saturated heterocycles. The maximum Gasteiger partial charge on any atom is 0.0166 e. The van der Waals surface area contributed by atoms with E-state index in [4.69, 9.17) is 0 Å². The van der Waals surface area contributed by atoms with Gasteiger partial charge in [-0.05, 0) is 69.7 Å². The summed E-state index contributed by atoms with van der Waals surface area (Å²) in [4.78, 5) is 5.72. The van der Waals surface area contributed by atoms with Crippen LogP contribution < -0.4 is 0 Å². The molecule has 0 aliphatic carbocycles. The van der Waals surface area contributed by atoms with Crippen molar-refractivity contribution >= 4 is 0 Å². The van der Waals surface area contributed by atoms with Crippen LogP contribution in [0.1, 0.15) is 64.7 Å². The molecule has 0 aromatic carbocycles. The van der Waals surface area contributed by atoms with Crippen molar-refractivity contribution in [3.05, 3.63) is 12.2 Å². The molecule has 0 radical (unpaired) electrons. The fourth-order valence-electron chi connectivity index (χ4n) is 5.88. The van der Waals surface area contributed by atoms with Crippen LogP contribution in [0.4, 0.5) is 0 Å². The van der Waals surface area contributed by atoms with E-state index < -0.39 is 0 Å². The molecule has 2 nitrogen and oxygen atoms in total. The highest BCUT2D eigenvalue weighted by Crippen LogP contribution is 2.37. The largest absolute Gasteiger partial charge is 0.297 e. The molecule has 0 aromatic heterocycles. The van der Waals surface area contributed by atoms with E-state index in [2.05, 4.69) is 28.9 Å². The molecule has 2 heteroatoms. The van der Waals surface area contributed by atoms with Crippen molar-refractivity contribution in [2.75, 3.05) is 19.6 Å². The van der Waals surface area contributed by atoms with Gasteiger partial charge in [0.25, 0.3) is 0 Å². The Balaban J connectivity index is 1.37. The van der Waals surface area contributed by atoms with Crippen molar-refractivity contribution < 1.29 is 0 Å². The second-order valence-corrected chi connectivity index (χ2v) is 8.50. The number of rotatable bonds is 2. The highest BCUT2D eigenvalue weighted by Gasteiger charge is 2.38. The maximum absolute atomic E-state index is 2.94. The quantitative estimate of drug-likeness (QED) is 0.710. The lowest BCUT2D eigenvalue weighted by Crippen LogP contribution is -2.54. The Hall–Kier alpha value is -0.340. The summed E-state index contributed by atoms with van der Waals surface area (Å²) in [5, 5.41) is 0. The molecule has 0 saturated carbocycles. The topological polar surface area (TPSA) is 6.48 Å². The first-order valence-corrected chi connectivity index (χ1v) is 9.96. The smallest absolute Gasteiger partial charge is 0.0166 e. The minimum Gasteiger partial charge on any atom is -0.297 e. The zero-order valence-electron chi connectivity index (χ0n) is 14.4. The number of fused-ring (bicyclic) bond motifs is 2. The van der Waals surface area contributed by atoms with Crippen LogP contribution in [0.2, 0.25) is 0 Å². The average molecular weight is 303 g/mol. The van der Waals surface area contributed by atoms with Gasteiger partial charge in [0.05, 0.1) is 0 Å². The minimum absolute atomic E-state index is 0.871. The zero-order chi connectivity index (χ0) is 14.9. The molecule has 0 amide bonds. The fraction of sp³-hybridized carbons (Fsp3) is 0.900. The van der Waals surface area contributed by atoms with E-state index in [1.54, 1.807) is 0 Å². The molecule has 5 atom stereocenters.